The molecule has 102 valence electrons. The van der Waals surface area contributed by atoms with Gasteiger partial charge in [0.05, 0.1) is 18.7 Å². The van der Waals surface area contributed by atoms with E-state index in [0.29, 0.717) is 35.6 Å². The van der Waals surface area contributed by atoms with Crippen LogP contribution in [0.3, 0.4) is 0 Å². The molecule has 0 saturated carbocycles. The van der Waals surface area contributed by atoms with Crippen molar-refractivity contribution in [1.29, 1.82) is 0 Å². The molecule has 0 saturated heterocycles. The van der Waals surface area contributed by atoms with Gasteiger partial charge in [0.1, 0.15) is 0 Å². The van der Waals surface area contributed by atoms with E-state index in [-0.39, 0.29) is 0 Å². The number of aromatic amines is 1. The van der Waals surface area contributed by atoms with Crippen LogP contribution in [0.2, 0.25) is 5.02 Å². The number of rotatable bonds is 6. The Balaban J connectivity index is 2.15. The van der Waals surface area contributed by atoms with E-state index in [1.807, 2.05) is 19.1 Å². The molecule has 0 amide bonds. The first-order valence-electron chi connectivity index (χ1n) is 5.71. The molecule has 0 spiro atoms. The van der Waals surface area contributed by atoms with Crippen molar-refractivity contribution in [2.24, 2.45) is 0 Å². The predicted octanol–water partition coefficient (Wildman–Crippen LogP) is 1.87. The Bertz CT molecular complexity index is 532. The molecule has 8 heteroatoms. The van der Waals surface area contributed by atoms with E-state index in [1.54, 1.807) is 7.11 Å². The Labute approximate surface area is 115 Å². The summed E-state index contributed by atoms with van der Waals surface area (Å²) in [6.45, 7) is 2.92. The highest BCUT2D eigenvalue weighted by atomic mass is 35.5. The third-order valence-corrected chi connectivity index (χ3v) is 2.65. The van der Waals surface area contributed by atoms with Gasteiger partial charge in [-0.15, -0.1) is 5.10 Å². The molecular formula is C11H14ClN5O2. The van der Waals surface area contributed by atoms with Crippen molar-refractivity contribution in [3.8, 4) is 11.5 Å². The van der Waals surface area contributed by atoms with Crippen LogP contribution in [0.5, 0.6) is 11.5 Å². The highest BCUT2D eigenvalue weighted by Gasteiger charge is 2.11. The molecule has 1 aromatic heterocycles. The van der Waals surface area contributed by atoms with Gasteiger partial charge in [-0.2, -0.15) is 5.21 Å². The number of benzene rings is 1. The first kappa shape index (κ1) is 13.4. The number of aromatic nitrogens is 4. The van der Waals surface area contributed by atoms with Gasteiger partial charge in [0.15, 0.2) is 11.5 Å². The normalized spacial score (nSPS) is 10.3. The van der Waals surface area contributed by atoms with Crippen LogP contribution in [0.15, 0.2) is 12.1 Å². The number of halogens is 1. The summed E-state index contributed by atoms with van der Waals surface area (Å²) in [6.07, 6.45) is 0. The monoisotopic (exact) mass is 283 g/mol. The van der Waals surface area contributed by atoms with Gasteiger partial charge in [0.25, 0.3) is 5.95 Å². The smallest absolute Gasteiger partial charge is 0.263 e. The van der Waals surface area contributed by atoms with Gasteiger partial charge in [0, 0.05) is 6.54 Å². The maximum Gasteiger partial charge on any atom is 0.263 e. The standard InChI is InChI=1S/C11H14ClN5O2/c1-3-19-10-8(12)4-7(5-9(10)18-2)6-13-11-14-16-17-15-11/h4-5H,3,6H2,1-2H3,(H2,13,14,15,16,17). The lowest BCUT2D eigenvalue weighted by atomic mass is 10.2. The number of nitrogens with zero attached hydrogens (tertiary/aromatic N) is 3. The average molecular weight is 284 g/mol. The van der Waals surface area contributed by atoms with Crippen molar-refractivity contribution in [1.82, 2.24) is 20.6 Å². The molecular weight excluding hydrogens is 270 g/mol. The van der Waals surface area contributed by atoms with Crippen molar-refractivity contribution < 1.29 is 9.47 Å². The summed E-state index contributed by atoms with van der Waals surface area (Å²) in [7, 11) is 1.57. The van der Waals surface area contributed by atoms with Crippen molar-refractivity contribution in [3.05, 3.63) is 22.7 Å². The highest BCUT2D eigenvalue weighted by Crippen LogP contribution is 2.36. The molecule has 0 fully saturated rings. The third kappa shape index (κ3) is 3.25. The lowest BCUT2D eigenvalue weighted by Crippen LogP contribution is -2.03. The number of tetrazole rings is 1. The summed E-state index contributed by atoms with van der Waals surface area (Å²) in [5.41, 5.74) is 0.926. The minimum atomic E-state index is 0.420. The first-order chi connectivity index (χ1) is 9.24. The SMILES string of the molecule is CCOc1c(Cl)cc(CNc2nn[nH]n2)cc1OC. The molecule has 0 atom stereocenters. The largest absolute Gasteiger partial charge is 0.493 e. The van der Waals surface area contributed by atoms with Crippen LogP contribution in [0.1, 0.15) is 12.5 Å². The Kier molecular flexibility index (Phi) is 4.40. The van der Waals surface area contributed by atoms with E-state index in [1.165, 1.54) is 0 Å². The van der Waals surface area contributed by atoms with E-state index in [2.05, 4.69) is 25.9 Å². The molecule has 2 rings (SSSR count). The zero-order valence-electron chi connectivity index (χ0n) is 10.6. The number of anilines is 1. The van der Waals surface area contributed by atoms with Crippen LogP contribution in [0, 0.1) is 0 Å². The molecule has 0 aliphatic rings. The van der Waals surface area contributed by atoms with E-state index in [0.717, 1.165) is 5.56 Å². The van der Waals surface area contributed by atoms with Crippen LogP contribution in [0.25, 0.3) is 0 Å². The van der Waals surface area contributed by atoms with Gasteiger partial charge < -0.3 is 14.8 Å². The Hall–Kier alpha value is -2.02. The molecule has 0 radical (unpaired) electrons. The van der Waals surface area contributed by atoms with Gasteiger partial charge in [-0.1, -0.05) is 16.7 Å². The van der Waals surface area contributed by atoms with Crippen LogP contribution >= 0.6 is 11.6 Å². The summed E-state index contributed by atoms with van der Waals surface area (Å²) < 4.78 is 10.7. The maximum absolute atomic E-state index is 6.17. The number of H-pyrrole nitrogens is 1. The fraction of sp³-hybridized carbons (Fsp3) is 0.364. The van der Waals surface area contributed by atoms with E-state index in [9.17, 15) is 0 Å². The van der Waals surface area contributed by atoms with Gasteiger partial charge in [-0.05, 0) is 29.8 Å². The van der Waals surface area contributed by atoms with Crippen LogP contribution in [-0.2, 0) is 6.54 Å². The quantitative estimate of drug-likeness (QED) is 0.842. The fourth-order valence-corrected chi connectivity index (χ4v) is 1.87. The number of hydrogen-bond donors (Lipinski definition) is 2. The topological polar surface area (TPSA) is 85.0 Å². The second kappa shape index (κ2) is 6.24. The molecule has 2 N–H and O–H groups in total. The summed E-state index contributed by atoms with van der Waals surface area (Å²) in [5, 5.41) is 16.9. The lowest BCUT2D eigenvalue weighted by molar-refractivity contribution is 0.311. The molecule has 0 aliphatic heterocycles. The second-order valence-corrected chi connectivity index (χ2v) is 4.04. The Morgan fingerprint density at radius 2 is 2.26 bits per heavy atom. The van der Waals surface area contributed by atoms with Gasteiger partial charge in [-0.3, -0.25) is 0 Å². The average Bonchev–Trinajstić information content (AvgIpc) is 2.92. The van der Waals surface area contributed by atoms with Gasteiger partial charge >= 0.3 is 0 Å². The first-order valence-corrected chi connectivity index (χ1v) is 6.09. The molecule has 0 aliphatic carbocycles. The van der Waals surface area contributed by atoms with Crippen molar-refractivity contribution >= 4 is 17.5 Å². The fourth-order valence-electron chi connectivity index (χ4n) is 1.58. The summed E-state index contributed by atoms with van der Waals surface area (Å²) in [6, 6.07) is 3.66. The van der Waals surface area contributed by atoms with Crippen LogP contribution in [0.4, 0.5) is 5.95 Å². The minimum Gasteiger partial charge on any atom is -0.493 e. The Morgan fingerprint density at radius 3 is 2.89 bits per heavy atom. The number of hydrogen-bond acceptors (Lipinski definition) is 6. The van der Waals surface area contributed by atoms with E-state index >= 15 is 0 Å². The van der Waals surface area contributed by atoms with Crippen molar-refractivity contribution in [3.63, 3.8) is 0 Å². The lowest BCUT2D eigenvalue weighted by Gasteiger charge is -2.13. The molecule has 2 aromatic rings. The zero-order chi connectivity index (χ0) is 13.7. The minimum absolute atomic E-state index is 0.420. The molecule has 1 heterocycles. The van der Waals surface area contributed by atoms with Crippen molar-refractivity contribution in [2.75, 3.05) is 19.0 Å². The second-order valence-electron chi connectivity index (χ2n) is 3.63. The highest BCUT2D eigenvalue weighted by molar-refractivity contribution is 6.32. The number of nitrogens with one attached hydrogen (secondary N) is 2. The number of ether oxygens (including phenoxy) is 2. The van der Waals surface area contributed by atoms with Crippen molar-refractivity contribution in [2.45, 2.75) is 13.5 Å². The number of methoxy groups -OCH3 is 1. The van der Waals surface area contributed by atoms with Crippen LogP contribution < -0.4 is 14.8 Å². The summed E-state index contributed by atoms with van der Waals surface area (Å²) in [5.74, 6) is 1.57. The van der Waals surface area contributed by atoms with E-state index < -0.39 is 0 Å². The molecule has 0 unspecified atom stereocenters. The maximum atomic E-state index is 6.17. The van der Waals surface area contributed by atoms with Gasteiger partial charge in [0.2, 0.25) is 0 Å². The molecule has 19 heavy (non-hydrogen) atoms. The molecule has 0 bridgehead atoms. The van der Waals surface area contributed by atoms with Crippen LogP contribution in [-0.4, -0.2) is 34.3 Å². The molecule has 7 nitrogen and oxygen atoms in total. The van der Waals surface area contributed by atoms with E-state index in [4.69, 9.17) is 21.1 Å². The van der Waals surface area contributed by atoms with Gasteiger partial charge in [-0.25, -0.2) is 0 Å². The Morgan fingerprint density at radius 1 is 1.42 bits per heavy atom. The summed E-state index contributed by atoms with van der Waals surface area (Å²) >= 11 is 6.17. The zero-order valence-corrected chi connectivity index (χ0v) is 11.4. The third-order valence-electron chi connectivity index (χ3n) is 2.37. The predicted molar refractivity (Wildman–Crippen MR) is 70.7 cm³/mol. The summed E-state index contributed by atoms with van der Waals surface area (Å²) in [4.78, 5) is 0. The molecule has 1 aromatic carbocycles.